The zero-order chi connectivity index (χ0) is 18.7. The zero-order valence-corrected chi connectivity index (χ0v) is 14.9. The molecule has 3 aromatic rings. The van der Waals surface area contributed by atoms with E-state index in [2.05, 4.69) is 10.3 Å². The molecule has 8 heteroatoms. The normalized spacial score (nSPS) is 10.9. The Morgan fingerprint density at radius 1 is 1.15 bits per heavy atom. The number of hydrogen-bond acceptors (Lipinski definition) is 3. The second-order valence-electron chi connectivity index (χ2n) is 5.49. The van der Waals surface area contributed by atoms with Crippen molar-refractivity contribution in [1.82, 2.24) is 4.98 Å². The van der Waals surface area contributed by atoms with Crippen molar-refractivity contribution in [1.29, 1.82) is 0 Å². The number of hydrogen-bond donors (Lipinski definition) is 2. The van der Waals surface area contributed by atoms with Crippen molar-refractivity contribution < 1.29 is 13.6 Å². The van der Waals surface area contributed by atoms with Crippen molar-refractivity contribution in [3.05, 3.63) is 75.0 Å². The molecule has 4 nitrogen and oxygen atoms in total. The molecule has 134 valence electrons. The van der Waals surface area contributed by atoms with Crippen LogP contribution in [0.15, 0.2) is 47.3 Å². The van der Waals surface area contributed by atoms with E-state index < -0.39 is 11.6 Å². The van der Waals surface area contributed by atoms with E-state index in [0.29, 0.717) is 17.1 Å². The summed E-state index contributed by atoms with van der Waals surface area (Å²) in [6.45, 7) is 0. The fourth-order valence-corrected chi connectivity index (χ4v) is 3.31. The SMILES string of the molecule is O=C(CSCc1cc(=O)c2cccc(F)c2[nH]1)Nc1ccc(F)c(Cl)c1. The van der Waals surface area contributed by atoms with E-state index >= 15 is 0 Å². The first-order chi connectivity index (χ1) is 12.4. The molecule has 0 unspecified atom stereocenters. The topological polar surface area (TPSA) is 62.0 Å². The van der Waals surface area contributed by atoms with E-state index in [9.17, 15) is 18.4 Å². The number of rotatable bonds is 5. The number of benzene rings is 2. The molecule has 0 atom stereocenters. The summed E-state index contributed by atoms with van der Waals surface area (Å²) in [7, 11) is 0. The van der Waals surface area contributed by atoms with Crippen LogP contribution >= 0.6 is 23.4 Å². The summed E-state index contributed by atoms with van der Waals surface area (Å²) in [5.41, 5.74) is 0.790. The highest BCUT2D eigenvalue weighted by Crippen LogP contribution is 2.20. The van der Waals surface area contributed by atoms with Crippen LogP contribution in [-0.2, 0) is 10.5 Å². The summed E-state index contributed by atoms with van der Waals surface area (Å²) < 4.78 is 26.9. The Balaban J connectivity index is 1.61. The molecule has 0 aliphatic heterocycles. The minimum absolute atomic E-state index is 0.0776. The predicted molar refractivity (Wildman–Crippen MR) is 101 cm³/mol. The van der Waals surface area contributed by atoms with E-state index in [0.717, 1.165) is 0 Å². The quantitative estimate of drug-likeness (QED) is 0.677. The van der Waals surface area contributed by atoms with Crippen LogP contribution in [0.1, 0.15) is 5.69 Å². The lowest BCUT2D eigenvalue weighted by molar-refractivity contribution is -0.113. The maximum atomic E-state index is 13.8. The number of nitrogens with one attached hydrogen (secondary N) is 2. The number of aromatic amines is 1. The minimum Gasteiger partial charge on any atom is -0.355 e. The van der Waals surface area contributed by atoms with Crippen LogP contribution < -0.4 is 10.7 Å². The number of carbonyl (C=O) groups excluding carboxylic acids is 1. The molecule has 0 fully saturated rings. The number of halogens is 3. The lowest BCUT2D eigenvalue weighted by atomic mass is 10.2. The van der Waals surface area contributed by atoms with Gasteiger partial charge in [-0.15, -0.1) is 11.8 Å². The third-order valence-electron chi connectivity index (χ3n) is 3.56. The molecule has 1 amide bonds. The molecule has 0 spiro atoms. The van der Waals surface area contributed by atoms with E-state index in [4.69, 9.17) is 11.6 Å². The molecule has 0 aliphatic carbocycles. The van der Waals surface area contributed by atoms with Gasteiger partial charge in [-0.3, -0.25) is 9.59 Å². The molecule has 3 rings (SSSR count). The average Bonchev–Trinajstić information content (AvgIpc) is 2.59. The third-order valence-corrected chi connectivity index (χ3v) is 4.84. The van der Waals surface area contributed by atoms with Gasteiger partial charge in [0.15, 0.2) is 5.43 Å². The van der Waals surface area contributed by atoms with E-state index in [1.807, 2.05) is 0 Å². The Morgan fingerprint density at radius 3 is 2.73 bits per heavy atom. The number of para-hydroxylation sites is 1. The van der Waals surface area contributed by atoms with Gasteiger partial charge in [-0.1, -0.05) is 17.7 Å². The van der Waals surface area contributed by atoms with Gasteiger partial charge in [0.25, 0.3) is 0 Å². The molecular formula is C18H13ClF2N2O2S. The molecule has 0 radical (unpaired) electrons. The van der Waals surface area contributed by atoms with Gasteiger partial charge in [0, 0.05) is 28.6 Å². The Kier molecular flexibility index (Phi) is 5.58. The van der Waals surface area contributed by atoms with Crippen LogP contribution in [0.3, 0.4) is 0 Å². The van der Waals surface area contributed by atoms with Gasteiger partial charge in [0.05, 0.1) is 16.3 Å². The molecule has 2 N–H and O–H groups in total. The van der Waals surface area contributed by atoms with Crippen LogP contribution in [0, 0.1) is 11.6 Å². The summed E-state index contributed by atoms with van der Waals surface area (Å²) in [5.74, 6) is -0.931. The van der Waals surface area contributed by atoms with E-state index in [1.165, 1.54) is 48.2 Å². The average molecular weight is 395 g/mol. The van der Waals surface area contributed by atoms with Crippen molar-refractivity contribution in [2.24, 2.45) is 0 Å². The van der Waals surface area contributed by atoms with Crippen molar-refractivity contribution in [2.45, 2.75) is 5.75 Å². The number of H-pyrrole nitrogens is 1. The number of amides is 1. The number of carbonyl (C=O) groups is 1. The van der Waals surface area contributed by atoms with Crippen LogP contribution in [0.4, 0.5) is 14.5 Å². The summed E-state index contributed by atoms with van der Waals surface area (Å²) in [5, 5.41) is 2.81. The number of pyridine rings is 1. The van der Waals surface area contributed by atoms with Gasteiger partial charge in [-0.2, -0.15) is 0 Å². The second-order valence-corrected chi connectivity index (χ2v) is 6.88. The molecule has 0 saturated heterocycles. The van der Waals surface area contributed by atoms with Gasteiger partial charge in [-0.25, -0.2) is 8.78 Å². The number of fused-ring (bicyclic) bond motifs is 1. The van der Waals surface area contributed by atoms with Crippen molar-refractivity contribution in [2.75, 3.05) is 11.1 Å². The maximum Gasteiger partial charge on any atom is 0.234 e. The van der Waals surface area contributed by atoms with E-state index in [-0.39, 0.29) is 33.0 Å². The Bertz CT molecular complexity index is 1040. The Labute approximate surface area is 156 Å². The zero-order valence-electron chi connectivity index (χ0n) is 13.3. The third kappa shape index (κ3) is 4.23. The van der Waals surface area contributed by atoms with Crippen LogP contribution in [0.2, 0.25) is 5.02 Å². The molecule has 0 aliphatic rings. The fourth-order valence-electron chi connectivity index (χ4n) is 2.39. The summed E-state index contributed by atoms with van der Waals surface area (Å²) in [6.07, 6.45) is 0. The lowest BCUT2D eigenvalue weighted by Crippen LogP contribution is -2.14. The summed E-state index contributed by atoms with van der Waals surface area (Å²) in [6, 6.07) is 9.60. The molecule has 26 heavy (non-hydrogen) atoms. The highest BCUT2D eigenvalue weighted by Gasteiger charge is 2.08. The maximum absolute atomic E-state index is 13.8. The second kappa shape index (κ2) is 7.88. The van der Waals surface area contributed by atoms with Crippen LogP contribution in [0.5, 0.6) is 0 Å². The van der Waals surface area contributed by atoms with Crippen molar-refractivity contribution in [3.63, 3.8) is 0 Å². The predicted octanol–water partition coefficient (Wildman–Crippen LogP) is 4.33. The molecule has 0 saturated carbocycles. The van der Waals surface area contributed by atoms with E-state index in [1.54, 1.807) is 6.07 Å². The summed E-state index contributed by atoms with van der Waals surface area (Å²) >= 11 is 6.91. The Hall–Kier alpha value is -2.38. The number of anilines is 1. The molecular weight excluding hydrogens is 382 g/mol. The Morgan fingerprint density at radius 2 is 1.96 bits per heavy atom. The largest absolute Gasteiger partial charge is 0.355 e. The van der Waals surface area contributed by atoms with Crippen LogP contribution in [0.25, 0.3) is 10.9 Å². The van der Waals surface area contributed by atoms with Crippen LogP contribution in [-0.4, -0.2) is 16.6 Å². The fraction of sp³-hybridized carbons (Fsp3) is 0.111. The van der Waals surface area contributed by atoms with Gasteiger partial charge < -0.3 is 10.3 Å². The van der Waals surface area contributed by atoms with Gasteiger partial charge in [0.2, 0.25) is 5.91 Å². The minimum atomic E-state index is -0.563. The molecule has 2 aromatic carbocycles. The van der Waals surface area contributed by atoms with Crippen molar-refractivity contribution >= 4 is 45.9 Å². The van der Waals surface area contributed by atoms with Gasteiger partial charge in [-0.05, 0) is 30.3 Å². The molecule has 1 heterocycles. The summed E-state index contributed by atoms with van der Waals surface area (Å²) in [4.78, 5) is 26.8. The monoisotopic (exact) mass is 394 g/mol. The van der Waals surface area contributed by atoms with Gasteiger partial charge >= 0.3 is 0 Å². The highest BCUT2D eigenvalue weighted by molar-refractivity contribution is 7.99. The lowest BCUT2D eigenvalue weighted by Gasteiger charge is -2.07. The first-order valence-corrected chi connectivity index (χ1v) is 9.10. The molecule has 0 bridgehead atoms. The highest BCUT2D eigenvalue weighted by atomic mass is 35.5. The first kappa shape index (κ1) is 18.4. The first-order valence-electron chi connectivity index (χ1n) is 7.57. The number of aromatic nitrogens is 1. The smallest absolute Gasteiger partial charge is 0.234 e. The van der Waals surface area contributed by atoms with Gasteiger partial charge in [0.1, 0.15) is 11.6 Å². The number of thioether (sulfide) groups is 1. The van der Waals surface area contributed by atoms with Crippen molar-refractivity contribution in [3.8, 4) is 0 Å². The molecule has 1 aromatic heterocycles. The standard InChI is InChI=1S/C18H13ClF2N2O2S/c19-13-6-10(4-5-14(13)20)22-17(25)9-26-8-11-7-16(24)12-2-1-3-15(21)18(12)23-11/h1-7H,8-9H2,(H,22,25)(H,23,24).